The van der Waals surface area contributed by atoms with E-state index in [0.29, 0.717) is 63.6 Å². The van der Waals surface area contributed by atoms with Crippen LogP contribution in [-0.2, 0) is 28.8 Å². The third-order valence-corrected chi connectivity index (χ3v) is 21.6. The lowest BCUT2D eigenvalue weighted by atomic mass is 9.71. The van der Waals surface area contributed by atoms with Gasteiger partial charge in [-0.15, -0.1) is 0 Å². The average Bonchev–Trinajstić information content (AvgIpc) is 3.43. The second-order valence-electron chi connectivity index (χ2n) is 28.2. The third kappa shape index (κ3) is 13.3. The lowest BCUT2D eigenvalue weighted by Gasteiger charge is -2.46. The van der Waals surface area contributed by atoms with Gasteiger partial charge in [0.1, 0.15) is 35.6 Å². The molecule has 15 heteroatoms. The molecule has 0 radical (unpaired) electrons. The molecular weight excluding hydrogens is 1070 g/mol. The molecule has 3 N–H and O–H groups in total. The summed E-state index contributed by atoms with van der Waals surface area (Å²) in [6, 6.07) is 17.1. The van der Waals surface area contributed by atoms with Crippen LogP contribution in [0.4, 0.5) is 13.2 Å². The van der Waals surface area contributed by atoms with Crippen LogP contribution in [0.3, 0.4) is 0 Å². The molecule has 3 aromatic carbocycles. The van der Waals surface area contributed by atoms with E-state index in [1.807, 2.05) is 14.7 Å². The van der Waals surface area contributed by atoms with E-state index in [2.05, 4.69) is 57.5 Å². The van der Waals surface area contributed by atoms with Gasteiger partial charge in [0.05, 0.1) is 0 Å². The van der Waals surface area contributed by atoms with Crippen LogP contribution in [0, 0.1) is 82.5 Å². The molecule has 12 nitrogen and oxygen atoms in total. The Balaban J connectivity index is 0.728. The van der Waals surface area contributed by atoms with Crippen LogP contribution in [0.5, 0.6) is 0 Å². The van der Waals surface area contributed by atoms with Crippen molar-refractivity contribution in [2.75, 3.05) is 19.6 Å². The monoisotopic (exact) mass is 1160 g/mol. The molecule has 11 rings (SSSR count). The highest BCUT2D eigenvalue weighted by molar-refractivity contribution is 5.93. The molecule has 3 aliphatic heterocycles. The Labute approximate surface area is 496 Å². The van der Waals surface area contributed by atoms with Crippen molar-refractivity contribution in [2.45, 2.75) is 198 Å². The molecular formula is C69H91F3N6O6. The third-order valence-electron chi connectivity index (χ3n) is 21.6. The number of piperazine rings is 3. The van der Waals surface area contributed by atoms with Crippen LogP contribution in [0.15, 0.2) is 72.8 Å². The predicted octanol–water partition coefficient (Wildman–Crippen LogP) is 11.0. The van der Waals surface area contributed by atoms with E-state index >= 15 is 0 Å². The first-order valence-electron chi connectivity index (χ1n) is 32.4. The zero-order chi connectivity index (χ0) is 59.2. The molecule has 84 heavy (non-hydrogen) atoms. The number of hydrogen-bond donors (Lipinski definition) is 3. The molecule has 5 saturated carbocycles. The van der Waals surface area contributed by atoms with Gasteiger partial charge >= 0.3 is 0 Å². The number of nitrogens with zero attached hydrogens (tertiary/aromatic N) is 3. The molecule has 19 unspecified atom stereocenters. The molecule has 8 aliphatic rings. The minimum atomic E-state index is -0.627. The van der Waals surface area contributed by atoms with Crippen LogP contribution in [-0.4, -0.2) is 106 Å². The number of benzene rings is 3. The molecule has 454 valence electrons. The van der Waals surface area contributed by atoms with Crippen LogP contribution in [0.1, 0.15) is 179 Å². The zero-order valence-corrected chi connectivity index (χ0v) is 50.3. The first kappa shape index (κ1) is 60.0. The molecule has 0 bridgehead atoms. The highest BCUT2D eigenvalue weighted by atomic mass is 19.1. The standard InChI is InChI=1S/C69H91F3N6O6/c1-7-9-52-35-78(69(84)58-34-55(58)46-18-24-51(72)25-19-46)63(66(81)73-52)41(6)40(5)29-42-10-8-11-47(30-42)59-36-77(68(83)57-33-54(57)45-16-22-50(71)23-17-45)62(65(80)74-59)28-39(4)27-43-12-13-48(31-43)60-37-76(61(26-38(2)3)64(79)75-60)67(82)56-32-53(56)44-14-20-49(70)21-15-44/h14-25,38-43,47-48,52-63H,7-13,26-37H2,1-6H3,(H,73,81)(H,74,80)(H,75,79). The molecule has 8 fully saturated rings. The van der Waals surface area contributed by atoms with Gasteiger partial charge in [0.15, 0.2) is 0 Å². The van der Waals surface area contributed by atoms with E-state index in [0.717, 1.165) is 87.3 Å². The molecule has 3 saturated heterocycles. The zero-order valence-electron chi connectivity index (χ0n) is 50.3. The molecule has 3 aromatic rings. The first-order valence-corrected chi connectivity index (χ1v) is 32.4. The van der Waals surface area contributed by atoms with Gasteiger partial charge in [-0.3, -0.25) is 28.8 Å². The largest absolute Gasteiger partial charge is 0.350 e. The van der Waals surface area contributed by atoms with Crippen LogP contribution in [0.2, 0.25) is 0 Å². The average molecular weight is 1160 g/mol. The van der Waals surface area contributed by atoms with E-state index < -0.39 is 18.1 Å². The van der Waals surface area contributed by atoms with Gasteiger partial charge in [-0.2, -0.15) is 0 Å². The Morgan fingerprint density at radius 2 is 0.964 bits per heavy atom. The summed E-state index contributed by atoms with van der Waals surface area (Å²) in [5.74, 6) is -0.477. The Morgan fingerprint density at radius 3 is 1.44 bits per heavy atom. The lowest BCUT2D eigenvalue weighted by molar-refractivity contribution is -0.149. The van der Waals surface area contributed by atoms with Gasteiger partial charge in [0.25, 0.3) is 0 Å². The molecule has 6 amide bonds. The summed E-state index contributed by atoms with van der Waals surface area (Å²) in [6.45, 7) is 14.2. The Kier molecular flexibility index (Phi) is 18.1. The first-order chi connectivity index (χ1) is 40.3. The van der Waals surface area contributed by atoms with Crippen molar-refractivity contribution in [1.82, 2.24) is 30.7 Å². The molecule has 3 heterocycles. The lowest BCUT2D eigenvalue weighted by Crippen LogP contribution is -2.64. The maximum atomic E-state index is 14.9. The van der Waals surface area contributed by atoms with Crippen molar-refractivity contribution in [3.8, 4) is 0 Å². The SMILES string of the molecule is CCCC1CN(C(=O)C2CC2c2ccc(F)cc2)C(C(C)C(C)CC2CCCC(C3CN(C(=O)C4CC4c4ccc(F)cc4)C(CC(C)CC4CCC(C5CN(C(=O)C6CC6c6ccc(F)cc6)C(CC(C)C)C(=O)N5)C4)C(=O)N3)C2)C(=O)N1. The van der Waals surface area contributed by atoms with Gasteiger partial charge < -0.3 is 30.7 Å². The summed E-state index contributed by atoms with van der Waals surface area (Å²) in [5.41, 5.74) is 2.85. The fourth-order valence-electron chi connectivity index (χ4n) is 16.6. The number of rotatable bonds is 20. The fraction of sp³-hybridized carbons (Fsp3) is 0.652. The summed E-state index contributed by atoms with van der Waals surface area (Å²) < 4.78 is 41.6. The minimum Gasteiger partial charge on any atom is -0.350 e. The maximum absolute atomic E-state index is 14.9. The summed E-state index contributed by atoms with van der Waals surface area (Å²) in [4.78, 5) is 92.1. The topological polar surface area (TPSA) is 148 Å². The van der Waals surface area contributed by atoms with E-state index in [4.69, 9.17) is 0 Å². The Bertz CT molecular complexity index is 2870. The normalized spacial score (nSPS) is 34.1. The van der Waals surface area contributed by atoms with Gasteiger partial charge in [-0.1, -0.05) is 104 Å². The van der Waals surface area contributed by atoms with Crippen molar-refractivity contribution in [1.29, 1.82) is 0 Å². The summed E-state index contributed by atoms with van der Waals surface area (Å²) in [7, 11) is 0. The molecule has 0 aromatic heterocycles. The fourth-order valence-corrected chi connectivity index (χ4v) is 16.6. The van der Waals surface area contributed by atoms with Gasteiger partial charge in [-0.05, 0) is 195 Å². The van der Waals surface area contributed by atoms with Crippen molar-refractivity contribution in [2.24, 2.45) is 65.1 Å². The molecule has 19 atom stereocenters. The van der Waals surface area contributed by atoms with Gasteiger partial charge in [-0.25, -0.2) is 13.2 Å². The quantitative estimate of drug-likeness (QED) is 0.103. The van der Waals surface area contributed by atoms with E-state index in [9.17, 15) is 41.9 Å². The summed E-state index contributed by atoms with van der Waals surface area (Å²) in [5, 5.41) is 10.1. The van der Waals surface area contributed by atoms with Crippen molar-refractivity contribution in [3.63, 3.8) is 0 Å². The number of amides is 6. The minimum absolute atomic E-state index is 0.00331. The molecule has 0 spiro atoms. The highest BCUT2D eigenvalue weighted by Gasteiger charge is 2.54. The van der Waals surface area contributed by atoms with E-state index in [1.54, 1.807) is 36.4 Å². The Hall–Kier alpha value is -5.73. The second-order valence-corrected chi connectivity index (χ2v) is 28.2. The summed E-state index contributed by atoms with van der Waals surface area (Å²) in [6.07, 6.45) is 13.2. The molecule has 5 aliphatic carbocycles. The second kappa shape index (κ2) is 25.3. The number of carbonyl (C=O) groups excluding carboxylic acids is 6. The van der Waals surface area contributed by atoms with E-state index in [-0.39, 0.29) is 142 Å². The maximum Gasteiger partial charge on any atom is 0.243 e. The predicted molar refractivity (Wildman–Crippen MR) is 316 cm³/mol. The Morgan fingerprint density at radius 1 is 0.512 bits per heavy atom. The number of halogens is 3. The van der Waals surface area contributed by atoms with Gasteiger partial charge in [0, 0.05) is 55.5 Å². The van der Waals surface area contributed by atoms with E-state index in [1.165, 1.54) is 36.4 Å². The van der Waals surface area contributed by atoms with Crippen molar-refractivity contribution < 1.29 is 41.9 Å². The van der Waals surface area contributed by atoms with Crippen molar-refractivity contribution >= 4 is 35.4 Å². The number of hydrogen-bond acceptors (Lipinski definition) is 6. The van der Waals surface area contributed by atoms with Crippen LogP contribution >= 0.6 is 0 Å². The highest BCUT2D eigenvalue weighted by Crippen LogP contribution is 2.52. The van der Waals surface area contributed by atoms with Crippen molar-refractivity contribution in [3.05, 3.63) is 107 Å². The smallest absolute Gasteiger partial charge is 0.243 e. The number of carbonyl (C=O) groups is 6. The van der Waals surface area contributed by atoms with Gasteiger partial charge in [0.2, 0.25) is 35.4 Å². The number of nitrogens with one attached hydrogen (secondary N) is 3. The van der Waals surface area contributed by atoms with Crippen LogP contribution in [0.25, 0.3) is 0 Å². The van der Waals surface area contributed by atoms with Crippen LogP contribution < -0.4 is 16.0 Å². The summed E-state index contributed by atoms with van der Waals surface area (Å²) >= 11 is 0.